The van der Waals surface area contributed by atoms with Gasteiger partial charge in [0, 0.05) is 12.8 Å². The number of carbonyl (C=O) groups is 1. The predicted octanol–water partition coefficient (Wildman–Crippen LogP) is 3.84. The van der Waals surface area contributed by atoms with E-state index >= 15 is 0 Å². The highest BCUT2D eigenvalue weighted by molar-refractivity contribution is 6.32. The molecule has 1 aliphatic rings. The van der Waals surface area contributed by atoms with Gasteiger partial charge < -0.3 is 19.5 Å². The third-order valence-corrected chi connectivity index (χ3v) is 5.52. The van der Waals surface area contributed by atoms with Gasteiger partial charge in [0.1, 0.15) is 17.4 Å². The van der Waals surface area contributed by atoms with E-state index in [0.717, 1.165) is 11.1 Å². The Morgan fingerprint density at radius 2 is 1.73 bits per heavy atom. The van der Waals surface area contributed by atoms with Gasteiger partial charge in [-0.05, 0) is 42.3 Å². The highest BCUT2D eigenvalue weighted by Gasteiger charge is 2.31. The Morgan fingerprint density at radius 3 is 2.33 bits per heavy atom. The fourth-order valence-corrected chi connectivity index (χ4v) is 3.79. The van der Waals surface area contributed by atoms with Gasteiger partial charge in [-0.2, -0.15) is 0 Å². The van der Waals surface area contributed by atoms with E-state index in [1.165, 1.54) is 0 Å². The van der Waals surface area contributed by atoms with E-state index in [9.17, 15) is 4.79 Å². The minimum absolute atomic E-state index is 0.281. The highest BCUT2D eigenvalue weighted by Crippen LogP contribution is 2.26. The van der Waals surface area contributed by atoms with Gasteiger partial charge in [-0.1, -0.05) is 35.3 Å². The Morgan fingerprint density at radius 1 is 1.09 bits per heavy atom. The number of ether oxygens (including phenoxy) is 3. The van der Waals surface area contributed by atoms with Gasteiger partial charge in [-0.15, -0.1) is 0 Å². The molecule has 2 aromatic rings. The molecule has 0 saturated carbocycles. The smallest absolute Gasteiger partial charge is 0.317 e. The van der Waals surface area contributed by atoms with Crippen LogP contribution in [-0.2, 0) is 22.6 Å². The van der Waals surface area contributed by atoms with E-state index in [0.29, 0.717) is 40.6 Å². The lowest BCUT2D eigenvalue weighted by Gasteiger charge is -2.29. The second-order valence-corrected chi connectivity index (χ2v) is 7.95. The number of guanidine groups is 1. The van der Waals surface area contributed by atoms with Crippen molar-refractivity contribution in [3.05, 3.63) is 57.6 Å². The van der Waals surface area contributed by atoms with Gasteiger partial charge in [0.25, 0.3) is 0 Å². The lowest BCUT2D eigenvalue weighted by atomic mass is 10.1. The molecule has 0 aliphatic carbocycles. The molecule has 0 bridgehead atoms. The van der Waals surface area contributed by atoms with Crippen molar-refractivity contribution in [2.75, 3.05) is 20.8 Å². The van der Waals surface area contributed by atoms with E-state index < -0.39 is 12.1 Å². The Hall–Kier alpha value is -2.81. The zero-order valence-corrected chi connectivity index (χ0v) is 20.1. The first kappa shape index (κ1) is 24.8. The Bertz CT molecular complexity index is 1050. The summed E-state index contributed by atoms with van der Waals surface area (Å²) in [6.07, 6.45) is 1.08. The minimum Gasteiger partial charge on any atom is -0.495 e. The summed E-state index contributed by atoms with van der Waals surface area (Å²) in [6.45, 7) is 2.85. The number of esters is 1. The molecule has 176 valence electrons. The fourth-order valence-electron chi connectivity index (χ4n) is 3.23. The SMILES string of the molecule is CCOC(=O)C1C=NC(=NCc2ccc(OC)c(Cl)c2)NC1NCc1ccc(OC)c(Cl)c1. The number of nitrogens with one attached hydrogen (secondary N) is 2. The van der Waals surface area contributed by atoms with Crippen molar-refractivity contribution in [1.82, 2.24) is 10.6 Å². The van der Waals surface area contributed by atoms with Gasteiger partial charge in [-0.3, -0.25) is 10.1 Å². The summed E-state index contributed by atoms with van der Waals surface area (Å²) in [7, 11) is 3.13. The summed E-state index contributed by atoms with van der Waals surface area (Å²) in [5.41, 5.74) is 1.83. The molecule has 1 aliphatic heterocycles. The van der Waals surface area contributed by atoms with Gasteiger partial charge >= 0.3 is 5.97 Å². The molecule has 1 heterocycles. The van der Waals surface area contributed by atoms with Crippen LogP contribution >= 0.6 is 23.2 Å². The molecular weight excluding hydrogens is 467 g/mol. The molecule has 33 heavy (non-hydrogen) atoms. The number of hydrogen-bond acceptors (Lipinski definition) is 6. The van der Waals surface area contributed by atoms with Gasteiger partial charge in [-0.25, -0.2) is 9.98 Å². The van der Waals surface area contributed by atoms with Crippen molar-refractivity contribution in [2.45, 2.75) is 26.2 Å². The molecule has 0 spiro atoms. The number of methoxy groups -OCH3 is 2. The van der Waals surface area contributed by atoms with Crippen LogP contribution in [0.2, 0.25) is 10.0 Å². The molecule has 0 aromatic heterocycles. The largest absolute Gasteiger partial charge is 0.495 e. The third kappa shape index (κ3) is 6.60. The van der Waals surface area contributed by atoms with Crippen LogP contribution in [-0.4, -0.2) is 45.1 Å². The van der Waals surface area contributed by atoms with Gasteiger partial charge in [0.2, 0.25) is 5.96 Å². The van der Waals surface area contributed by atoms with Crippen LogP contribution in [0.5, 0.6) is 11.5 Å². The van der Waals surface area contributed by atoms with Crippen LogP contribution in [0.3, 0.4) is 0 Å². The number of rotatable bonds is 9. The Balaban J connectivity index is 1.72. The minimum atomic E-state index is -0.618. The summed E-state index contributed by atoms with van der Waals surface area (Å²) >= 11 is 12.4. The Kier molecular flexibility index (Phi) is 8.94. The van der Waals surface area contributed by atoms with E-state index in [1.807, 2.05) is 18.2 Å². The van der Waals surface area contributed by atoms with E-state index in [4.69, 9.17) is 37.4 Å². The van der Waals surface area contributed by atoms with Crippen molar-refractivity contribution in [1.29, 1.82) is 0 Å². The number of halogens is 2. The number of benzene rings is 2. The molecule has 0 radical (unpaired) electrons. The average Bonchev–Trinajstić information content (AvgIpc) is 2.81. The summed E-state index contributed by atoms with van der Waals surface area (Å²) in [4.78, 5) is 21.3. The van der Waals surface area contributed by atoms with Crippen LogP contribution in [0.15, 0.2) is 46.4 Å². The quantitative estimate of drug-likeness (QED) is 0.516. The average molecular weight is 493 g/mol. The molecule has 2 atom stereocenters. The van der Waals surface area contributed by atoms with Crippen molar-refractivity contribution < 1.29 is 19.0 Å². The molecule has 2 aromatic carbocycles. The zero-order chi connectivity index (χ0) is 23.8. The number of nitrogens with zero attached hydrogens (tertiary/aromatic N) is 2. The number of aliphatic imine (C=N–C) groups is 2. The highest BCUT2D eigenvalue weighted by atomic mass is 35.5. The maximum atomic E-state index is 12.4. The number of hydrogen-bond donors (Lipinski definition) is 2. The summed E-state index contributed by atoms with van der Waals surface area (Å²) in [6, 6.07) is 11.0. The first-order valence-electron chi connectivity index (χ1n) is 10.3. The monoisotopic (exact) mass is 492 g/mol. The van der Waals surface area contributed by atoms with Crippen LogP contribution in [0.25, 0.3) is 0 Å². The summed E-state index contributed by atoms with van der Waals surface area (Å²) in [5.74, 6) is 0.601. The summed E-state index contributed by atoms with van der Waals surface area (Å²) < 4.78 is 15.6. The molecule has 8 nitrogen and oxygen atoms in total. The number of carbonyl (C=O) groups excluding carboxylic acids is 1. The first-order chi connectivity index (χ1) is 15.9. The standard InChI is InChI=1S/C23H26Cl2N4O4/c1-4-33-22(30)16-13-28-23(27-12-15-6-8-20(32-3)18(25)10-15)29-21(16)26-11-14-5-7-19(31-2)17(24)9-14/h5-10,13,16,21,26H,4,11-12H2,1-3H3,(H,27,29). The second-order valence-electron chi connectivity index (χ2n) is 7.14. The second kappa shape index (κ2) is 11.9. The molecule has 0 amide bonds. The predicted molar refractivity (Wildman–Crippen MR) is 130 cm³/mol. The maximum absolute atomic E-state index is 12.4. The lowest BCUT2D eigenvalue weighted by Crippen LogP contribution is -2.55. The van der Waals surface area contributed by atoms with Crippen molar-refractivity contribution in [3.63, 3.8) is 0 Å². The molecule has 10 heteroatoms. The van der Waals surface area contributed by atoms with Crippen molar-refractivity contribution in [3.8, 4) is 11.5 Å². The molecule has 0 saturated heterocycles. The van der Waals surface area contributed by atoms with Gasteiger partial charge in [0.15, 0.2) is 0 Å². The molecule has 2 N–H and O–H groups in total. The van der Waals surface area contributed by atoms with Crippen LogP contribution in [0.4, 0.5) is 0 Å². The Labute approximate surface area is 202 Å². The van der Waals surface area contributed by atoms with Crippen LogP contribution in [0.1, 0.15) is 18.1 Å². The van der Waals surface area contributed by atoms with Gasteiger partial charge in [0.05, 0.1) is 43.6 Å². The molecule has 3 rings (SSSR count). The third-order valence-electron chi connectivity index (χ3n) is 4.93. The summed E-state index contributed by atoms with van der Waals surface area (Å²) in [5, 5.41) is 7.53. The van der Waals surface area contributed by atoms with Crippen molar-refractivity contribution >= 4 is 41.3 Å². The van der Waals surface area contributed by atoms with E-state index in [-0.39, 0.29) is 12.6 Å². The normalized spacial score (nSPS) is 18.6. The first-order valence-corrected chi connectivity index (χ1v) is 11.1. The fraction of sp³-hybridized carbons (Fsp3) is 0.348. The lowest BCUT2D eigenvalue weighted by molar-refractivity contribution is -0.146. The van der Waals surface area contributed by atoms with Crippen LogP contribution in [0, 0.1) is 5.92 Å². The molecule has 2 unspecified atom stereocenters. The molecule has 0 fully saturated rings. The van der Waals surface area contributed by atoms with Crippen molar-refractivity contribution in [2.24, 2.45) is 15.9 Å². The van der Waals surface area contributed by atoms with Crippen LogP contribution < -0.4 is 20.1 Å². The van der Waals surface area contributed by atoms with E-state index in [1.54, 1.807) is 45.6 Å². The topological polar surface area (TPSA) is 93.5 Å². The zero-order valence-electron chi connectivity index (χ0n) is 18.6. The molecular formula is C23H26Cl2N4O4. The van der Waals surface area contributed by atoms with E-state index in [2.05, 4.69) is 20.6 Å². The maximum Gasteiger partial charge on any atom is 0.317 e.